The third kappa shape index (κ3) is 99.3. The molecule has 0 rings (SSSR count). The molecular weight excluding hydrogens is 1630 g/mol. The van der Waals surface area contributed by atoms with Crippen LogP contribution in [0.2, 0.25) is 0 Å². The van der Waals surface area contributed by atoms with Crippen LogP contribution in [0.1, 0.15) is 542 Å². The van der Waals surface area contributed by atoms with Gasteiger partial charge in [0, 0.05) is 90.0 Å². The van der Waals surface area contributed by atoms with Crippen LogP contribution in [0.5, 0.6) is 0 Å². The summed E-state index contributed by atoms with van der Waals surface area (Å²) in [4.78, 5) is 89.9. The lowest BCUT2D eigenvalue weighted by Crippen LogP contribution is -2.39. The molecule has 0 amide bonds. The van der Waals surface area contributed by atoms with Crippen LogP contribution in [0.25, 0.3) is 0 Å². The first-order valence-corrected chi connectivity index (χ1v) is 58.6. The van der Waals surface area contributed by atoms with Gasteiger partial charge in [-0.25, -0.2) is 0 Å². The Hall–Kier alpha value is -2.64. The van der Waals surface area contributed by atoms with Crippen molar-refractivity contribution in [1.82, 2.24) is 19.6 Å². The van der Waals surface area contributed by atoms with E-state index in [0.29, 0.717) is 105 Å². The van der Waals surface area contributed by atoms with E-state index in [-0.39, 0.29) is 74.3 Å². The Kier molecular flexibility index (Phi) is 104. The van der Waals surface area contributed by atoms with Gasteiger partial charge in [-0.2, -0.15) is 0 Å². The van der Waals surface area contributed by atoms with Crippen LogP contribution in [0, 0.1) is 0 Å². The molecule has 0 aromatic rings. The highest BCUT2D eigenvalue weighted by atomic mass is 33.1. The van der Waals surface area contributed by atoms with Gasteiger partial charge in [0.05, 0.1) is 78.2 Å². The largest absolute Gasteiger partial charge is 0.466 e. The molecule has 0 spiro atoms. The van der Waals surface area contributed by atoms with Gasteiger partial charge < -0.3 is 48.0 Å². The highest BCUT2D eigenvalue weighted by Crippen LogP contribution is 2.24. The summed E-state index contributed by atoms with van der Waals surface area (Å²) in [6.45, 7) is 23.2. The van der Waals surface area contributed by atoms with Gasteiger partial charge in [-0.05, 0) is 38.5 Å². The fraction of sp³-hybridized carbons (Fsp3) is 0.945. The lowest BCUT2D eigenvalue weighted by molar-refractivity contribution is -0.146. The number of unbranched alkanes of at least 4 members (excludes halogenated alkanes) is 66. The van der Waals surface area contributed by atoms with E-state index in [1.54, 1.807) is 0 Å². The van der Waals surface area contributed by atoms with Crippen molar-refractivity contribution in [2.24, 2.45) is 0 Å². The van der Waals surface area contributed by atoms with Crippen LogP contribution in [-0.2, 0) is 57.2 Å². The number of hydrogen-bond acceptors (Lipinski definition) is 18. The third-order valence-corrected chi connectivity index (χ3v) is 28.3. The minimum atomic E-state index is -0.205. The van der Waals surface area contributed by atoms with Crippen molar-refractivity contribution in [2.45, 2.75) is 542 Å². The monoisotopic (exact) mass is 1850 g/mol. The number of carbonyl (C=O) groups excluding carboxylic acids is 6. The molecule has 0 N–H and O–H groups in total. The summed E-state index contributed by atoms with van der Waals surface area (Å²) >= 11 is 0. The van der Waals surface area contributed by atoms with Crippen molar-refractivity contribution in [3.05, 3.63) is 0 Å². The highest BCUT2D eigenvalue weighted by molar-refractivity contribution is 8.76. The topological polar surface area (TPSA) is 171 Å². The molecular formula is C110H214N4O12S2. The molecule has 0 saturated heterocycles. The van der Waals surface area contributed by atoms with Gasteiger partial charge in [-0.1, -0.05) is 487 Å². The highest BCUT2D eigenvalue weighted by Gasteiger charge is 2.20. The molecule has 16 nitrogen and oxygen atoms in total. The molecule has 0 aromatic heterocycles. The minimum absolute atomic E-state index is 0.175. The number of hydrogen-bond donors (Lipinski definition) is 0. The molecule has 0 atom stereocenters. The predicted molar refractivity (Wildman–Crippen MR) is 551 cm³/mol. The number of carbonyl (C=O) groups is 6. The first-order valence-electron chi connectivity index (χ1n) is 56.1. The van der Waals surface area contributed by atoms with Crippen LogP contribution < -0.4 is 0 Å². The Morgan fingerprint density at radius 2 is 0.258 bits per heavy atom. The van der Waals surface area contributed by atoms with Crippen LogP contribution in [0.15, 0.2) is 0 Å². The fourth-order valence-electron chi connectivity index (χ4n) is 17.1. The second-order valence-corrected chi connectivity index (χ2v) is 40.9. The zero-order chi connectivity index (χ0) is 92.7. The van der Waals surface area contributed by atoms with E-state index in [2.05, 4.69) is 61.1 Å². The summed E-state index contributed by atoms with van der Waals surface area (Å²) in [6.07, 6.45) is 91.4. The van der Waals surface area contributed by atoms with Gasteiger partial charge in [-0.3, -0.25) is 28.8 Å². The number of nitrogens with zero attached hydrogens (tertiary/aromatic N) is 4. The Morgan fingerprint density at radius 1 is 0.148 bits per heavy atom. The molecule has 0 saturated carbocycles. The normalized spacial score (nSPS) is 11.7. The summed E-state index contributed by atoms with van der Waals surface area (Å²) in [5.74, 6) is 0.441. The first kappa shape index (κ1) is 125. The number of esters is 6. The van der Waals surface area contributed by atoms with Crippen LogP contribution in [-0.4, -0.2) is 185 Å². The van der Waals surface area contributed by atoms with Gasteiger partial charge in [-0.15, -0.1) is 0 Å². The quantitative estimate of drug-likeness (QED) is 0.0243. The van der Waals surface area contributed by atoms with Crippen molar-refractivity contribution in [3.8, 4) is 0 Å². The van der Waals surface area contributed by atoms with Gasteiger partial charge >= 0.3 is 35.8 Å². The second-order valence-electron chi connectivity index (χ2n) is 38.2. The first-order chi connectivity index (χ1) is 63.0. The average molecular weight is 1850 g/mol. The SMILES string of the molecule is CCCCCCCCCCCCCCOC(=O)CCN(CCSSCCN(CCC(=O)OCCCCCCCCCCCCCC)CCN(CCC(=O)OCCCCCCCCCCCCCC)CCC(=O)OCCCCCCCCCCCCCC)CCN(CCC(=O)OCCCCCCCCCCCCCC)CCC(=O)OCCCCCCCCCCCCCC. The van der Waals surface area contributed by atoms with E-state index in [1.807, 2.05) is 21.6 Å². The zero-order valence-electron chi connectivity index (χ0n) is 85.8. The van der Waals surface area contributed by atoms with Gasteiger partial charge in [0.15, 0.2) is 0 Å². The summed E-state index contributed by atoms with van der Waals surface area (Å²) in [5, 5.41) is 0. The summed E-state index contributed by atoms with van der Waals surface area (Å²) in [5.41, 5.74) is 0. The maximum absolute atomic E-state index is 13.6. The van der Waals surface area contributed by atoms with Crippen molar-refractivity contribution in [3.63, 3.8) is 0 Å². The molecule has 0 heterocycles. The van der Waals surface area contributed by atoms with Crippen LogP contribution >= 0.6 is 21.6 Å². The Balaban J connectivity index is 6.50. The van der Waals surface area contributed by atoms with Crippen LogP contribution in [0.3, 0.4) is 0 Å². The molecule has 0 aromatic carbocycles. The van der Waals surface area contributed by atoms with Crippen molar-refractivity contribution in [1.29, 1.82) is 0 Å². The van der Waals surface area contributed by atoms with E-state index < -0.39 is 0 Å². The third-order valence-electron chi connectivity index (χ3n) is 25.9. The summed E-state index contributed by atoms with van der Waals surface area (Å²) < 4.78 is 35.1. The average Bonchev–Trinajstić information content (AvgIpc) is 0.938. The molecule has 0 aliphatic carbocycles. The van der Waals surface area contributed by atoms with Crippen molar-refractivity contribution in [2.75, 3.05) is 130 Å². The predicted octanol–water partition coefficient (Wildman–Crippen LogP) is 31.4. The minimum Gasteiger partial charge on any atom is -0.466 e. The Morgan fingerprint density at radius 3 is 0.383 bits per heavy atom. The summed E-state index contributed by atoms with van der Waals surface area (Å²) in [6, 6.07) is 0. The molecule has 18 heteroatoms. The molecule has 0 aliphatic rings. The Bertz CT molecular complexity index is 2070. The lowest BCUT2D eigenvalue weighted by Gasteiger charge is -2.28. The fourth-order valence-corrected chi connectivity index (χ4v) is 19.1. The number of ether oxygens (including phenoxy) is 6. The standard InChI is InChI=1S/C110H214N4O12S2/c1-7-13-19-25-31-37-43-49-55-61-67-73-97-121-105(115)79-85-111(86-80-106(116)122-98-74-68-62-56-50-44-38-32-26-20-14-8-2)91-93-113(89-83-109(119)125-101-77-71-65-59-53-47-41-35-29-23-17-11-5)95-103-127-128-104-96-114(90-84-110(120)126-102-78-72-66-60-54-48-42-36-30-24-18-12-6)94-92-112(87-81-107(117)123-99-75-69-63-57-51-45-39-33-27-21-15-9-3)88-82-108(118)124-100-76-70-64-58-52-46-40-34-28-22-16-10-4/h7-104H2,1-6H3. The van der Waals surface area contributed by atoms with E-state index >= 15 is 0 Å². The zero-order valence-corrected chi connectivity index (χ0v) is 87.4. The molecule has 0 aliphatic heterocycles. The molecule has 128 heavy (non-hydrogen) atoms. The summed E-state index contributed by atoms with van der Waals surface area (Å²) in [7, 11) is 3.63. The van der Waals surface area contributed by atoms with Crippen LogP contribution in [0.4, 0.5) is 0 Å². The lowest BCUT2D eigenvalue weighted by atomic mass is 10.1. The number of rotatable bonds is 109. The van der Waals surface area contributed by atoms with Gasteiger partial charge in [0.2, 0.25) is 0 Å². The van der Waals surface area contributed by atoms with Gasteiger partial charge in [0.25, 0.3) is 0 Å². The van der Waals surface area contributed by atoms with E-state index in [1.165, 1.54) is 385 Å². The maximum Gasteiger partial charge on any atom is 0.307 e. The molecule has 0 radical (unpaired) electrons. The van der Waals surface area contributed by atoms with E-state index in [9.17, 15) is 28.8 Å². The smallest absolute Gasteiger partial charge is 0.307 e. The molecule has 0 unspecified atom stereocenters. The second kappa shape index (κ2) is 106. The van der Waals surface area contributed by atoms with E-state index in [4.69, 9.17) is 28.4 Å². The Labute approximate surface area is 801 Å². The molecule has 0 bridgehead atoms. The van der Waals surface area contributed by atoms with Crippen molar-refractivity contribution < 1.29 is 57.2 Å². The van der Waals surface area contributed by atoms with Crippen molar-refractivity contribution >= 4 is 57.4 Å². The van der Waals surface area contributed by atoms with Gasteiger partial charge in [0.1, 0.15) is 0 Å². The molecule has 0 fully saturated rings. The molecule has 758 valence electrons. The van der Waals surface area contributed by atoms with E-state index in [0.717, 1.165) is 102 Å². The maximum atomic E-state index is 13.6.